The minimum atomic E-state index is -0.176. The third kappa shape index (κ3) is 4.59. The van der Waals surface area contributed by atoms with Crippen molar-refractivity contribution in [1.29, 1.82) is 0 Å². The van der Waals surface area contributed by atoms with Gasteiger partial charge in [0.15, 0.2) is 0 Å². The van der Waals surface area contributed by atoms with Gasteiger partial charge < -0.3 is 15.4 Å². The molecule has 0 saturated heterocycles. The first-order chi connectivity index (χ1) is 15.8. The van der Waals surface area contributed by atoms with Gasteiger partial charge in [-0.1, -0.05) is 36.4 Å². The first-order valence-electron chi connectivity index (χ1n) is 10.5. The molecule has 1 amide bonds. The van der Waals surface area contributed by atoms with Gasteiger partial charge in [-0.3, -0.25) is 4.79 Å². The number of hydrogen-bond donors (Lipinski definition) is 2. The molecule has 0 aliphatic heterocycles. The summed E-state index contributed by atoms with van der Waals surface area (Å²) in [6.07, 6.45) is 4.29. The van der Waals surface area contributed by atoms with Crippen LogP contribution in [0.4, 0.5) is 11.5 Å². The minimum Gasteiger partial charge on any atom is -0.438 e. The molecule has 6 nitrogen and oxygen atoms in total. The van der Waals surface area contributed by atoms with E-state index in [4.69, 9.17) is 4.74 Å². The van der Waals surface area contributed by atoms with E-state index in [2.05, 4.69) is 32.7 Å². The molecule has 1 fully saturated rings. The van der Waals surface area contributed by atoms with Crippen LogP contribution in [0.15, 0.2) is 97.3 Å². The average Bonchev–Trinajstić information content (AvgIpc) is 3.61. The Hall–Kier alpha value is -4.19. The molecule has 2 N–H and O–H groups in total. The van der Waals surface area contributed by atoms with Crippen LogP contribution >= 0.6 is 0 Å². The molecule has 158 valence electrons. The number of nitrogens with zero attached hydrogens (tertiary/aromatic N) is 2. The lowest BCUT2D eigenvalue weighted by molar-refractivity contribution is 0.0947. The highest BCUT2D eigenvalue weighted by Gasteiger charge is 2.39. The summed E-state index contributed by atoms with van der Waals surface area (Å²) in [6.45, 7) is 0. The number of ether oxygens (including phenoxy) is 1. The van der Waals surface area contributed by atoms with E-state index in [0.717, 1.165) is 17.9 Å². The van der Waals surface area contributed by atoms with Crippen molar-refractivity contribution in [2.75, 3.05) is 5.32 Å². The zero-order valence-electron chi connectivity index (χ0n) is 17.3. The zero-order valence-corrected chi connectivity index (χ0v) is 17.3. The highest BCUT2D eigenvalue weighted by atomic mass is 16.5. The number of benzene rings is 2. The lowest BCUT2D eigenvalue weighted by Crippen LogP contribution is -2.27. The van der Waals surface area contributed by atoms with E-state index in [1.165, 1.54) is 5.56 Å². The van der Waals surface area contributed by atoms with Crippen molar-refractivity contribution in [2.45, 2.75) is 18.4 Å². The van der Waals surface area contributed by atoms with Crippen LogP contribution in [-0.2, 0) is 0 Å². The van der Waals surface area contributed by atoms with Crippen LogP contribution in [0.5, 0.6) is 11.6 Å². The maximum atomic E-state index is 12.9. The fraction of sp³-hybridized carbons (Fsp3) is 0.115. The highest BCUT2D eigenvalue weighted by molar-refractivity contribution is 5.96. The Kier molecular flexibility index (Phi) is 5.49. The van der Waals surface area contributed by atoms with Crippen molar-refractivity contribution in [3.05, 3.63) is 108 Å². The molecule has 1 saturated carbocycles. The van der Waals surface area contributed by atoms with Crippen molar-refractivity contribution < 1.29 is 9.53 Å². The van der Waals surface area contributed by atoms with Crippen LogP contribution in [0.2, 0.25) is 0 Å². The number of pyridine rings is 2. The summed E-state index contributed by atoms with van der Waals surface area (Å²) in [4.78, 5) is 21.4. The zero-order chi connectivity index (χ0) is 21.8. The molecule has 2 aromatic carbocycles. The summed E-state index contributed by atoms with van der Waals surface area (Å²) in [5, 5.41) is 6.33. The average molecular weight is 422 g/mol. The van der Waals surface area contributed by atoms with Crippen LogP contribution < -0.4 is 15.4 Å². The molecule has 0 unspecified atom stereocenters. The van der Waals surface area contributed by atoms with Gasteiger partial charge in [-0.2, -0.15) is 0 Å². The van der Waals surface area contributed by atoms with Crippen molar-refractivity contribution in [1.82, 2.24) is 15.3 Å². The minimum absolute atomic E-state index is 0.134. The second-order valence-corrected chi connectivity index (χ2v) is 7.66. The first kappa shape index (κ1) is 19.8. The Bertz CT molecular complexity index is 1200. The number of aromatic nitrogens is 2. The molecule has 5 rings (SSSR count). The van der Waals surface area contributed by atoms with Gasteiger partial charge in [0.25, 0.3) is 5.91 Å². The van der Waals surface area contributed by atoms with E-state index in [0.29, 0.717) is 17.2 Å². The Morgan fingerprint density at radius 1 is 0.844 bits per heavy atom. The predicted octanol–water partition coefficient (Wildman–Crippen LogP) is 5.30. The molecule has 1 aliphatic carbocycles. The van der Waals surface area contributed by atoms with Crippen molar-refractivity contribution in [2.24, 2.45) is 0 Å². The number of carbonyl (C=O) groups is 1. The molecule has 2 atom stereocenters. The standard InChI is InChI=1S/C26H22N4O2/c31-25(30-23-17-22(23)18-7-2-1-3-8-18)21-9-6-16-28-26(21)32-20-13-11-19(12-14-20)29-24-10-4-5-15-27-24/h1-16,22-23H,17H2,(H,27,29)(H,30,31)/t22-,23+/m1/s1. The van der Waals surface area contributed by atoms with Crippen molar-refractivity contribution >= 4 is 17.4 Å². The highest BCUT2D eigenvalue weighted by Crippen LogP contribution is 2.41. The largest absolute Gasteiger partial charge is 0.438 e. The van der Waals surface area contributed by atoms with E-state index in [-0.39, 0.29) is 17.8 Å². The van der Waals surface area contributed by atoms with Crippen molar-refractivity contribution in [3.63, 3.8) is 0 Å². The van der Waals surface area contributed by atoms with Gasteiger partial charge in [0, 0.05) is 30.0 Å². The second-order valence-electron chi connectivity index (χ2n) is 7.66. The van der Waals surface area contributed by atoms with Gasteiger partial charge in [-0.25, -0.2) is 9.97 Å². The molecule has 4 aromatic rings. The molecule has 1 aliphatic rings. The first-order valence-corrected chi connectivity index (χ1v) is 10.5. The smallest absolute Gasteiger partial charge is 0.257 e. The predicted molar refractivity (Wildman–Crippen MR) is 123 cm³/mol. The van der Waals surface area contributed by atoms with Crippen LogP contribution in [0.25, 0.3) is 0 Å². The number of amides is 1. The number of nitrogens with one attached hydrogen (secondary N) is 2. The molecular weight excluding hydrogens is 400 g/mol. The van der Waals surface area contributed by atoms with Gasteiger partial charge in [0.1, 0.15) is 17.1 Å². The SMILES string of the molecule is O=C(N[C@H]1C[C@@H]1c1ccccc1)c1cccnc1Oc1ccc(Nc2ccccn2)cc1. The monoisotopic (exact) mass is 422 g/mol. The summed E-state index contributed by atoms with van der Waals surface area (Å²) in [7, 11) is 0. The molecule has 2 heterocycles. The van der Waals surface area contributed by atoms with E-state index >= 15 is 0 Å². The van der Waals surface area contributed by atoms with Gasteiger partial charge in [0.2, 0.25) is 5.88 Å². The molecule has 2 aromatic heterocycles. The maximum Gasteiger partial charge on any atom is 0.257 e. The third-order valence-corrected chi connectivity index (χ3v) is 5.36. The summed E-state index contributed by atoms with van der Waals surface area (Å²) in [5.41, 5.74) is 2.55. The lowest BCUT2D eigenvalue weighted by Gasteiger charge is -2.11. The second kappa shape index (κ2) is 8.89. The molecular formula is C26H22N4O2. The fourth-order valence-electron chi connectivity index (χ4n) is 3.62. The van der Waals surface area contributed by atoms with Crippen LogP contribution in [0.1, 0.15) is 28.3 Å². The molecule has 0 radical (unpaired) electrons. The topological polar surface area (TPSA) is 76.1 Å². The van der Waals surface area contributed by atoms with Gasteiger partial charge in [-0.15, -0.1) is 0 Å². The lowest BCUT2D eigenvalue weighted by atomic mass is 10.1. The van der Waals surface area contributed by atoms with Crippen LogP contribution in [-0.4, -0.2) is 21.9 Å². The van der Waals surface area contributed by atoms with Crippen molar-refractivity contribution in [3.8, 4) is 11.6 Å². The maximum absolute atomic E-state index is 12.9. The Morgan fingerprint density at radius 3 is 2.41 bits per heavy atom. The number of rotatable bonds is 7. The molecule has 6 heteroatoms. The summed E-state index contributed by atoms with van der Waals surface area (Å²) >= 11 is 0. The molecule has 32 heavy (non-hydrogen) atoms. The van der Waals surface area contributed by atoms with E-state index in [9.17, 15) is 4.79 Å². The summed E-state index contributed by atoms with van der Waals surface area (Å²) in [5.74, 6) is 1.83. The van der Waals surface area contributed by atoms with E-state index in [1.807, 2.05) is 60.7 Å². The summed E-state index contributed by atoms with van der Waals surface area (Å²) in [6, 6.07) is 27.0. The van der Waals surface area contributed by atoms with Gasteiger partial charge >= 0.3 is 0 Å². The normalized spacial score (nSPS) is 16.8. The fourth-order valence-corrected chi connectivity index (χ4v) is 3.62. The van der Waals surface area contributed by atoms with Crippen LogP contribution in [0, 0.1) is 0 Å². The molecule has 0 spiro atoms. The number of hydrogen-bond acceptors (Lipinski definition) is 5. The Morgan fingerprint density at radius 2 is 1.62 bits per heavy atom. The number of carbonyl (C=O) groups excluding carboxylic acids is 1. The van der Waals surface area contributed by atoms with E-state index < -0.39 is 0 Å². The molecule has 0 bridgehead atoms. The van der Waals surface area contributed by atoms with E-state index in [1.54, 1.807) is 24.5 Å². The number of anilines is 2. The third-order valence-electron chi connectivity index (χ3n) is 5.36. The van der Waals surface area contributed by atoms with Gasteiger partial charge in [0.05, 0.1) is 0 Å². The van der Waals surface area contributed by atoms with Gasteiger partial charge in [-0.05, 0) is 60.5 Å². The Labute approximate surface area is 186 Å². The van der Waals surface area contributed by atoms with Crippen LogP contribution in [0.3, 0.4) is 0 Å². The summed E-state index contributed by atoms with van der Waals surface area (Å²) < 4.78 is 5.93. The quantitative estimate of drug-likeness (QED) is 0.423. The Balaban J connectivity index is 1.24.